The van der Waals surface area contributed by atoms with Gasteiger partial charge in [-0.2, -0.15) is 0 Å². The summed E-state index contributed by atoms with van der Waals surface area (Å²) in [7, 11) is 0. The van der Waals surface area contributed by atoms with E-state index >= 15 is 0 Å². The molecule has 0 aliphatic heterocycles. The minimum atomic E-state index is -0.0547. The zero-order chi connectivity index (χ0) is 20.7. The normalized spacial score (nSPS) is 11.4. The number of nitrogen functional groups attached to an aromatic ring is 1. The van der Waals surface area contributed by atoms with Crippen LogP contribution in [0.1, 0.15) is 16.7 Å². The molecule has 5 aromatic rings. The van der Waals surface area contributed by atoms with Crippen LogP contribution >= 0.6 is 0 Å². The Bertz CT molecular complexity index is 1390. The van der Waals surface area contributed by atoms with E-state index in [9.17, 15) is 5.11 Å². The van der Waals surface area contributed by atoms with Crippen LogP contribution in [0, 0.1) is 6.92 Å². The number of pyridine rings is 1. The number of para-hydroxylation sites is 1. The number of aromatic nitrogens is 5. The maximum Gasteiger partial charge on any atom is 0.165 e. The van der Waals surface area contributed by atoms with Crippen LogP contribution in [-0.4, -0.2) is 29.6 Å². The van der Waals surface area contributed by atoms with Crippen molar-refractivity contribution in [2.75, 3.05) is 5.73 Å². The van der Waals surface area contributed by atoms with E-state index in [0.717, 1.165) is 38.9 Å². The van der Waals surface area contributed by atoms with Gasteiger partial charge in [0.05, 0.1) is 30.7 Å². The van der Waals surface area contributed by atoms with Gasteiger partial charge >= 0.3 is 0 Å². The second kappa shape index (κ2) is 7.20. The number of hydrogen-bond donors (Lipinski definition) is 2. The fraction of sp³-hybridized carbons (Fsp3) is 0.130. The first-order valence-corrected chi connectivity index (χ1v) is 9.65. The first-order chi connectivity index (χ1) is 14.7. The van der Waals surface area contributed by atoms with E-state index in [-0.39, 0.29) is 6.61 Å². The number of aliphatic hydroxyl groups excluding tert-OH is 1. The zero-order valence-corrected chi connectivity index (χ0v) is 16.4. The molecular weight excluding hydrogens is 376 g/mol. The van der Waals surface area contributed by atoms with Crippen molar-refractivity contribution in [1.82, 2.24) is 24.5 Å². The number of nitrogens with two attached hydrogens (primary N) is 1. The van der Waals surface area contributed by atoms with Crippen LogP contribution < -0.4 is 5.73 Å². The standard InChI is InChI=1S/C23H20N6O/c1-14-5-4-7-15-9-17(10-29-13-27-21-22(24)25-12-26-23(21)29)20(28-19(14)15)18-8-3-2-6-16(18)11-30/h2-9,12-13,30H,10-11H2,1H3,(H2,24,25,26). The molecule has 3 N–H and O–H groups in total. The Morgan fingerprint density at radius 2 is 1.83 bits per heavy atom. The molecule has 0 atom stereocenters. The molecule has 0 saturated heterocycles. The first kappa shape index (κ1) is 18.2. The molecule has 0 unspecified atom stereocenters. The molecule has 148 valence electrons. The molecule has 0 spiro atoms. The number of benzene rings is 2. The van der Waals surface area contributed by atoms with Crippen LogP contribution in [0.4, 0.5) is 5.82 Å². The molecule has 7 heteroatoms. The number of hydrogen-bond acceptors (Lipinski definition) is 6. The molecule has 0 aliphatic carbocycles. The summed E-state index contributed by atoms with van der Waals surface area (Å²) in [4.78, 5) is 17.8. The van der Waals surface area contributed by atoms with Crippen molar-refractivity contribution in [3.63, 3.8) is 0 Å². The molecule has 3 heterocycles. The van der Waals surface area contributed by atoms with Crippen LogP contribution in [0.3, 0.4) is 0 Å². The van der Waals surface area contributed by atoms with Crippen molar-refractivity contribution in [1.29, 1.82) is 0 Å². The second-order valence-electron chi connectivity index (χ2n) is 7.26. The van der Waals surface area contributed by atoms with Gasteiger partial charge in [0.15, 0.2) is 11.5 Å². The topological polar surface area (TPSA) is 103 Å². The van der Waals surface area contributed by atoms with E-state index in [1.807, 2.05) is 34.9 Å². The highest BCUT2D eigenvalue weighted by Gasteiger charge is 2.16. The van der Waals surface area contributed by atoms with Crippen LogP contribution in [0.15, 0.2) is 61.2 Å². The van der Waals surface area contributed by atoms with Crippen LogP contribution in [-0.2, 0) is 13.2 Å². The summed E-state index contributed by atoms with van der Waals surface area (Å²) in [5, 5.41) is 11.0. The third kappa shape index (κ3) is 2.96. The molecule has 7 nitrogen and oxygen atoms in total. The maximum absolute atomic E-state index is 9.89. The van der Waals surface area contributed by atoms with Crippen molar-refractivity contribution >= 4 is 27.9 Å². The number of nitrogens with zero attached hydrogens (tertiary/aromatic N) is 5. The predicted octanol–water partition coefficient (Wildman–Crippen LogP) is 3.47. The lowest BCUT2D eigenvalue weighted by Gasteiger charge is -2.15. The summed E-state index contributed by atoms with van der Waals surface area (Å²) >= 11 is 0. The second-order valence-corrected chi connectivity index (χ2v) is 7.26. The van der Waals surface area contributed by atoms with Gasteiger partial charge in [-0.1, -0.05) is 42.5 Å². The van der Waals surface area contributed by atoms with E-state index < -0.39 is 0 Å². The number of anilines is 1. The van der Waals surface area contributed by atoms with Gasteiger partial charge in [0.2, 0.25) is 0 Å². The Morgan fingerprint density at radius 3 is 2.70 bits per heavy atom. The third-order valence-electron chi connectivity index (χ3n) is 5.34. The van der Waals surface area contributed by atoms with Crippen molar-refractivity contribution in [2.24, 2.45) is 0 Å². The molecule has 0 aliphatic rings. The Morgan fingerprint density at radius 1 is 0.967 bits per heavy atom. The van der Waals surface area contributed by atoms with Gasteiger partial charge < -0.3 is 15.4 Å². The smallest absolute Gasteiger partial charge is 0.165 e. The monoisotopic (exact) mass is 396 g/mol. The number of rotatable bonds is 4. The average molecular weight is 396 g/mol. The summed E-state index contributed by atoms with van der Waals surface area (Å²) < 4.78 is 1.94. The summed E-state index contributed by atoms with van der Waals surface area (Å²) in [5.41, 5.74) is 12.9. The number of aryl methyl sites for hydroxylation is 1. The van der Waals surface area contributed by atoms with Gasteiger partial charge in [-0.3, -0.25) is 0 Å². The van der Waals surface area contributed by atoms with Crippen molar-refractivity contribution in [2.45, 2.75) is 20.1 Å². The van der Waals surface area contributed by atoms with Gasteiger partial charge in [0.1, 0.15) is 11.8 Å². The molecular formula is C23H20N6O. The Hall–Kier alpha value is -3.84. The fourth-order valence-electron chi connectivity index (χ4n) is 3.83. The fourth-order valence-corrected chi connectivity index (χ4v) is 3.83. The van der Waals surface area contributed by atoms with Crippen molar-refractivity contribution in [3.05, 3.63) is 77.9 Å². The Labute approximate surface area is 172 Å². The van der Waals surface area contributed by atoms with E-state index in [0.29, 0.717) is 23.5 Å². The predicted molar refractivity (Wildman–Crippen MR) is 117 cm³/mol. The number of fused-ring (bicyclic) bond motifs is 2. The van der Waals surface area contributed by atoms with Crippen molar-refractivity contribution in [3.8, 4) is 11.3 Å². The quantitative estimate of drug-likeness (QED) is 0.482. The third-order valence-corrected chi connectivity index (χ3v) is 5.34. The van der Waals surface area contributed by atoms with E-state index in [1.165, 1.54) is 6.33 Å². The Balaban J connectivity index is 1.74. The minimum absolute atomic E-state index is 0.0547. The molecule has 0 saturated carbocycles. The lowest BCUT2D eigenvalue weighted by atomic mass is 9.98. The average Bonchev–Trinajstić information content (AvgIpc) is 3.18. The zero-order valence-electron chi connectivity index (χ0n) is 16.4. The summed E-state index contributed by atoms with van der Waals surface area (Å²) in [6.07, 6.45) is 3.16. The van der Waals surface area contributed by atoms with E-state index in [1.54, 1.807) is 6.33 Å². The van der Waals surface area contributed by atoms with Crippen molar-refractivity contribution < 1.29 is 5.11 Å². The molecule has 0 radical (unpaired) electrons. The number of aliphatic hydroxyl groups is 1. The lowest BCUT2D eigenvalue weighted by Crippen LogP contribution is -2.05. The first-order valence-electron chi connectivity index (χ1n) is 9.65. The summed E-state index contributed by atoms with van der Waals surface area (Å²) in [5.74, 6) is 0.358. The Kier molecular flexibility index (Phi) is 4.37. The van der Waals surface area contributed by atoms with Gasteiger partial charge in [-0.25, -0.2) is 19.9 Å². The van der Waals surface area contributed by atoms with Crippen LogP contribution in [0.2, 0.25) is 0 Å². The molecule has 0 bridgehead atoms. The van der Waals surface area contributed by atoms with E-state index in [4.69, 9.17) is 10.7 Å². The SMILES string of the molecule is Cc1cccc2cc(Cn3cnc4c(N)ncnc43)c(-c3ccccc3CO)nc12. The highest BCUT2D eigenvalue weighted by atomic mass is 16.3. The molecule has 2 aromatic carbocycles. The summed E-state index contributed by atoms with van der Waals surface area (Å²) in [6, 6.07) is 16.1. The van der Waals surface area contributed by atoms with Gasteiger partial charge in [-0.15, -0.1) is 0 Å². The van der Waals surface area contributed by atoms with Crippen LogP contribution in [0.5, 0.6) is 0 Å². The largest absolute Gasteiger partial charge is 0.392 e. The molecule has 0 amide bonds. The molecule has 30 heavy (non-hydrogen) atoms. The van der Waals surface area contributed by atoms with E-state index in [2.05, 4.69) is 40.1 Å². The molecule has 3 aromatic heterocycles. The lowest BCUT2D eigenvalue weighted by molar-refractivity contribution is 0.282. The van der Waals surface area contributed by atoms with Gasteiger partial charge in [-0.05, 0) is 29.7 Å². The summed E-state index contributed by atoms with van der Waals surface area (Å²) in [6.45, 7) is 2.51. The van der Waals surface area contributed by atoms with Crippen LogP contribution in [0.25, 0.3) is 33.3 Å². The molecule has 5 rings (SSSR count). The highest BCUT2D eigenvalue weighted by Crippen LogP contribution is 2.31. The number of imidazole rings is 1. The maximum atomic E-state index is 9.89. The highest BCUT2D eigenvalue weighted by molar-refractivity contribution is 5.86. The minimum Gasteiger partial charge on any atom is -0.392 e. The van der Waals surface area contributed by atoms with Gasteiger partial charge in [0, 0.05) is 10.9 Å². The molecule has 0 fully saturated rings. The van der Waals surface area contributed by atoms with Gasteiger partial charge in [0.25, 0.3) is 0 Å².